The summed E-state index contributed by atoms with van der Waals surface area (Å²) >= 11 is 12.5. The van der Waals surface area contributed by atoms with E-state index in [4.69, 9.17) is 23.2 Å². The number of fused-ring (bicyclic) bond motifs is 1. The van der Waals surface area contributed by atoms with Gasteiger partial charge in [0.1, 0.15) is 0 Å². The smallest absolute Gasteiger partial charge is 0.0825 e. The van der Waals surface area contributed by atoms with E-state index in [0.29, 0.717) is 10.0 Å². The molecule has 0 radical (unpaired) electrons. The Bertz CT molecular complexity index is 901. The minimum Gasteiger partial charge on any atom is -0.368 e. The summed E-state index contributed by atoms with van der Waals surface area (Å²) in [4.78, 5) is 8.27. The zero-order valence-corrected chi connectivity index (χ0v) is 18.2. The molecule has 0 saturated carbocycles. The topological polar surface area (TPSA) is 22.3 Å². The number of nitrogens with one attached hydrogen (secondary N) is 1. The largest absolute Gasteiger partial charge is 0.368 e. The molecule has 1 fully saturated rings. The molecule has 0 spiro atoms. The highest BCUT2D eigenvalue weighted by Gasteiger charge is 2.19. The van der Waals surface area contributed by atoms with E-state index in [1.165, 1.54) is 35.9 Å². The van der Waals surface area contributed by atoms with Gasteiger partial charge in [0.25, 0.3) is 0 Å². The Morgan fingerprint density at radius 3 is 2.50 bits per heavy atom. The monoisotopic (exact) mass is 437 g/mol. The van der Waals surface area contributed by atoms with Gasteiger partial charge in [-0.15, -0.1) is 12.4 Å². The number of hydrogen-bond donors (Lipinski definition) is 1. The predicted molar refractivity (Wildman–Crippen MR) is 124 cm³/mol. The van der Waals surface area contributed by atoms with Gasteiger partial charge in [0.2, 0.25) is 0 Å². The molecule has 1 aromatic heterocycles. The molecule has 1 aliphatic rings. The van der Waals surface area contributed by atoms with Crippen LogP contribution in [-0.4, -0.2) is 42.6 Å². The number of halogens is 3. The third-order valence-electron chi connectivity index (χ3n) is 5.49. The third-order valence-corrected chi connectivity index (χ3v) is 6.30. The SMILES string of the molecule is Cl.Clc1cccc(N2CCN(CCCCc3c[nH]c4ccccc34)CC2)c1Cl. The van der Waals surface area contributed by atoms with Crippen molar-refractivity contribution in [1.29, 1.82) is 0 Å². The summed E-state index contributed by atoms with van der Waals surface area (Å²) in [6.07, 6.45) is 5.76. The van der Waals surface area contributed by atoms with Crippen LogP contribution in [0.1, 0.15) is 18.4 Å². The van der Waals surface area contributed by atoms with Crippen molar-refractivity contribution in [2.75, 3.05) is 37.6 Å². The Labute approximate surface area is 183 Å². The van der Waals surface area contributed by atoms with Crippen LogP contribution >= 0.6 is 35.6 Å². The molecule has 2 aromatic carbocycles. The fourth-order valence-electron chi connectivity index (χ4n) is 3.94. The van der Waals surface area contributed by atoms with Gasteiger partial charge in [0, 0.05) is 43.3 Å². The van der Waals surface area contributed by atoms with Gasteiger partial charge in [0.05, 0.1) is 15.7 Å². The van der Waals surface area contributed by atoms with E-state index in [1.807, 2.05) is 12.1 Å². The van der Waals surface area contributed by atoms with Gasteiger partial charge in [-0.05, 0) is 49.6 Å². The summed E-state index contributed by atoms with van der Waals surface area (Å²) in [5.41, 5.74) is 3.73. The van der Waals surface area contributed by atoms with Gasteiger partial charge < -0.3 is 9.88 Å². The lowest BCUT2D eigenvalue weighted by Crippen LogP contribution is -2.46. The van der Waals surface area contributed by atoms with Crippen molar-refractivity contribution in [1.82, 2.24) is 9.88 Å². The number of aryl methyl sites for hydroxylation is 1. The van der Waals surface area contributed by atoms with Crippen molar-refractivity contribution in [3.05, 3.63) is 64.3 Å². The molecule has 0 atom stereocenters. The van der Waals surface area contributed by atoms with Crippen LogP contribution in [0.25, 0.3) is 10.9 Å². The molecule has 0 amide bonds. The van der Waals surface area contributed by atoms with Crippen molar-refractivity contribution in [3.63, 3.8) is 0 Å². The molecular weight excluding hydrogens is 413 g/mol. The summed E-state index contributed by atoms with van der Waals surface area (Å²) in [6.45, 7) is 5.33. The predicted octanol–water partition coefficient (Wildman–Crippen LogP) is 6.04. The fraction of sp³-hybridized carbons (Fsp3) is 0.364. The molecule has 0 aliphatic carbocycles. The van der Waals surface area contributed by atoms with Crippen LogP contribution in [0.2, 0.25) is 10.0 Å². The molecule has 1 aliphatic heterocycles. The molecule has 1 N–H and O–H groups in total. The van der Waals surface area contributed by atoms with Crippen LogP contribution in [0.15, 0.2) is 48.7 Å². The molecule has 150 valence electrons. The first-order chi connectivity index (χ1) is 13.2. The van der Waals surface area contributed by atoms with E-state index in [1.54, 1.807) is 0 Å². The van der Waals surface area contributed by atoms with Crippen molar-refractivity contribution >= 4 is 52.2 Å². The molecule has 6 heteroatoms. The quantitative estimate of drug-likeness (QED) is 0.474. The van der Waals surface area contributed by atoms with Gasteiger partial charge >= 0.3 is 0 Å². The van der Waals surface area contributed by atoms with E-state index >= 15 is 0 Å². The maximum Gasteiger partial charge on any atom is 0.0825 e. The second kappa shape index (κ2) is 9.89. The van der Waals surface area contributed by atoms with E-state index in [-0.39, 0.29) is 12.4 Å². The van der Waals surface area contributed by atoms with Crippen LogP contribution in [0.5, 0.6) is 0 Å². The van der Waals surface area contributed by atoms with Crippen molar-refractivity contribution in [3.8, 4) is 0 Å². The lowest BCUT2D eigenvalue weighted by molar-refractivity contribution is 0.253. The Kier molecular flexibility index (Phi) is 7.53. The number of piperazine rings is 1. The summed E-state index contributed by atoms with van der Waals surface area (Å²) in [5, 5.41) is 2.67. The Morgan fingerprint density at radius 1 is 0.893 bits per heavy atom. The zero-order valence-electron chi connectivity index (χ0n) is 15.8. The highest BCUT2D eigenvalue weighted by Crippen LogP contribution is 2.32. The number of aromatic nitrogens is 1. The average molecular weight is 439 g/mol. The molecule has 3 nitrogen and oxygen atoms in total. The number of nitrogens with zero attached hydrogens (tertiary/aromatic N) is 2. The minimum atomic E-state index is 0. The van der Waals surface area contributed by atoms with Gasteiger partial charge in [-0.3, -0.25) is 4.90 Å². The molecule has 2 heterocycles. The summed E-state index contributed by atoms with van der Waals surface area (Å²) in [5.74, 6) is 0. The maximum absolute atomic E-state index is 6.37. The summed E-state index contributed by atoms with van der Waals surface area (Å²) in [7, 11) is 0. The van der Waals surface area contributed by atoms with Crippen LogP contribution in [0, 0.1) is 0 Å². The van der Waals surface area contributed by atoms with Crippen molar-refractivity contribution < 1.29 is 0 Å². The standard InChI is InChI=1S/C22H25Cl2N3.ClH/c23-19-8-5-10-21(22(19)24)27-14-12-26(13-15-27)11-4-3-6-17-16-25-20-9-2-1-7-18(17)20;/h1-2,5,7-10,16,25H,3-4,6,11-15H2;1H. The molecule has 0 bridgehead atoms. The second-order valence-corrected chi connectivity index (χ2v) is 8.00. The first kappa shape index (κ1) is 21.3. The van der Waals surface area contributed by atoms with Gasteiger partial charge in [-0.2, -0.15) is 0 Å². The lowest BCUT2D eigenvalue weighted by atomic mass is 10.1. The Balaban J connectivity index is 0.00000225. The number of hydrogen-bond acceptors (Lipinski definition) is 2. The number of anilines is 1. The summed E-state index contributed by atoms with van der Waals surface area (Å²) in [6, 6.07) is 14.4. The molecule has 1 saturated heterocycles. The van der Waals surface area contributed by atoms with Crippen LogP contribution in [0.3, 0.4) is 0 Å². The number of benzene rings is 2. The van der Waals surface area contributed by atoms with Crippen LogP contribution in [0.4, 0.5) is 5.69 Å². The van der Waals surface area contributed by atoms with Crippen LogP contribution in [-0.2, 0) is 6.42 Å². The van der Waals surface area contributed by atoms with Crippen molar-refractivity contribution in [2.45, 2.75) is 19.3 Å². The highest BCUT2D eigenvalue weighted by molar-refractivity contribution is 6.43. The molecule has 4 rings (SSSR count). The molecule has 3 aromatic rings. The maximum atomic E-state index is 6.37. The van der Waals surface area contributed by atoms with E-state index in [9.17, 15) is 0 Å². The van der Waals surface area contributed by atoms with Crippen molar-refractivity contribution in [2.24, 2.45) is 0 Å². The number of aromatic amines is 1. The molecule has 0 unspecified atom stereocenters. The first-order valence-corrected chi connectivity index (χ1v) is 10.4. The summed E-state index contributed by atoms with van der Waals surface area (Å²) < 4.78 is 0. The van der Waals surface area contributed by atoms with Crippen LogP contribution < -0.4 is 4.90 Å². The highest BCUT2D eigenvalue weighted by atomic mass is 35.5. The van der Waals surface area contributed by atoms with E-state index < -0.39 is 0 Å². The fourth-order valence-corrected chi connectivity index (χ4v) is 4.35. The zero-order chi connectivity index (χ0) is 18.6. The van der Waals surface area contributed by atoms with Gasteiger partial charge in [-0.25, -0.2) is 0 Å². The average Bonchev–Trinajstić information content (AvgIpc) is 3.11. The number of H-pyrrole nitrogens is 1. The number of para-hydroxylation sites is 1. The number of rotatable bonds is 6. The third kappa shape index (κ3) is 4.77. The lowest BCUT2D eigenvalue weighted by Gasteiger charge is -2.36. The minimum absolute atomic E-state index is 0. The van der Waals surface area contributed by atoms with E-state index in [2.05, 4.69) is 51.3 Å². The molecule has 28 heavy (non-hydrogen) atoms. The Hall–Kier alpha value is -1.39. The normalized spacial score (nSPS) is 15.0. The first-order valence-electron chi connectivity index (χ1n) is 9.68. The van der Waals surface area contributed by atoms with Gasteiger partial charge in [-0.1, -0.05) is 47.5 Å². The number of unbranched alkanes of at least 4 members (excludes halogenated alkanes) is 1. The Morgan fingerprint density at radius 2 is 1.68 bits per heavy atom. The molecular formula is C22H26Cl3N3. The van der Waals surface area contributed by atoms with Gasteiger partial charge in [0.15, 0.2) is 0 Å². The van der Waals surface area contributed by atoms with E-state index in [0.717, 1.165) is 38.3 Å². The second-order valence-electron chi connectivity index (χ2n) is 7.22.